The second-order valence-electron chi connectivity index (χ2n) is 4.50. The van der Waals surface area contributed by atoms with Gasteiger partial charge in [-0.1, -0.05) is 0 Å². The number of guanidine groups is 1. The molecule has 0 atom stereocenters. The average Bonchev–Trinajstić information content (AvgIpc) is 2.95. The zero-order valence-corrected chi connectivity index (χ0v) is 14.3. The molecule has 8 heteroatoms. The van der Waals surface area contributed by atoms with E-state index in [0.717, 1.165) is 37.8 Å². The van der Waals surface area contributed by atoms with E-state index < -0.39 is 0 Å². The van der Waals surface area contributed by atoms with Gasteiger partial charge in [-0.3, -0.25) is 9.79 Å². The Morgan fingerprint density at radius 1 is 1.32 bits per heavy atom. The number of carbonyl (C=O) groups excluding carboxylic acids is 1. The summed E-state index contributed by atoms with van der Waals surface area (Å²) in [6.45, 7) is 7.22. The van der Waals surface area contributed by atoms with Crippen LogP contribution in [0.25, 0.3) is 0 Å². The molecule has 0 spiro atoms. The zero-order valence-electron chi connectivity index (χ0n) is 13.4. The van der Waals surface area contributed by atoms with Crippen LogP contribution in [-0.2, 0) is 4.74 Å². The number of nitrogens with zero attached hydrogens (tertiary/aromatic N) is 2. The van der Waals surface area contributed by atoms with Crippen LogP contribution in [0.15, 0.2) is 10.5 Å². The number of aliphatic imine (C=N–C) groups is 1. The molecule has 1 aromatic rings. The summed E-state index contributed by atoms with van der Waals surface area (Å²) in [5.74, 6) is 0.640. The van der Waals surface area contributed by atoms with Crippen LogP contribution in [0, 0.1) is 6.92 Å². The molecule has 0 saturated heterocycles. The summed E-state index contributed by atoms with van der Waals surface area (Å²) in [7, 11) is 1.72. The minimum absolute atomic E-state index is 0.0820. The number of carbonyl (C=O) groups is 1. The topological polar surface area (TPSA) is 87.6 Å². The molecule has 0 aliphatic heterocycles. The molecule has 0 saturated carbocycles. The van der Waals surface area contributed by atoms with E-state index in [-0.39, 0.29) is 5.91 Å². The van der Waals surface area contributed by atoms with Crippen LogP contribution in [-0.4, -0.2) is 56.7 Å². The Kier molecular flexibility index (Phi) is 9.17. The van der Waals surface area contributed by atoms with E-state index >= 15 is 0 Å². The van der Waals surface area contributed by atoms with Crippen LogP contribution >= 0.6 is 11.3 Å². The highest BCUT2D eigenvalue weighted by atomic mass is 32.1. The van der Waals surface area contributed by atoms with Crippen LogP contribution in [0.5, 0.6) is 0 Å². The van der Waals surface area contributed by atoms with Crippen molar-refractivity contribution >= 4 is 23.2 Å². The maximum atomic E-state index is 11.9. The zero-order chi connectivity index (χ0) is 16.2. The van der Waals surface area contributed by atoms with Gasteiger partial charge in [-0.15, -0.1) is 11.3 Å². The molecule has 0 aliphatic rings. The third-order valence-electron chi connectivity index (χ3n) is 2.84. The van der Waals surface area contributed by atoms with Crippen molar-refractivity contribution in [3.63, 3.8) is 0 Å². The summed E-state index contributed by atoms with van der Waals surface area (Å²) in [4.78, 5) is 20.7. The molecular formula is C14H25N5O2S. The van der Waals surface area contributed by atoms with Crippen molar-refractivity contribution in [2.45, 2.75) is 20.3 Å². The maximum Gasteiger partial charge on any atom is 0.263 e. The smallest absolute Gasteiger partial charge is 0.263 e. The van der Waals surface area contributed by atoms with E-state index in [2.05, 4.69) is 25.9 Å². The first-order valence-electron chi connectivity index (χ1n) is 7.39. The van der Waals surface area contributed by atoms with Gasteiger partial charge >= 0.3 is 0 Å². The van der Waals surface area contributed by atoms with Crippen molar-refractivity contribution in [3.05, 3.63) is 16.1 Å². The third kappa shape index (κ3) is 6.86. The average molecular weight is 327 g/mol. The number of ether oxygens (including phenoxy) is 1. The fourth-order valence-electron chi connectivity index (χ4n) is 1.70. The Bertz CT molecular complexity index is 476. The predicted molar refractivity (Wildman–Crippen MR) is 89.7 cm³/mol. The molecule has 0 unspecified atom stereocenters. The first-order valence-corrected chi connectivity index (χ1v) is 8.27. The van der Waals surface area contributed by atoms with Gasteiger partial charge in [-0.2, -0.15) is 0 Å². The second kappa shape index (κ2) is 11.0. The van der Waals surface area contributed by atoms with E-state index in [1.807, 2.05) is 13.8 Å². The van der Waals surface area contributed by atoms with Gasteiger partial charge in [0.15, 0.2) is 5.96 Å². The standard InChI is InChI=1S/C14H25N5O2S/c1-4-21-9-5-6-17-14(15-3)18-8-7-16-13(20)12-11(2)19-10-22-12/h10H,4-9H2,1-3H3,(H,16,20)(H2,15,17,18). The van der Waals surface area contributed by atoms with Crippen molar-refractivity contribution in [1.29, 1.82) is 0 Å². The Hall–Kier alpha value is -1.67. The van der Waals surface area contributed by atoms with Crippen LogP contribution < -0.4 is 16.0 Å². The fourth-order valence-corrected chi connectivity index (χ4v) is 2.42. The summed E-state index contributed by atoms with van der Waals surface area (Å²) in [5.41, 5.74) is 2.44. The molecule has 1 rings (SSSR count). The Morgan fingerprint density at radius 3 is 2.68 bits per heavy atom. The van der Waals surface area contributed by atoms with Crippen LogP contribution in [0.2, 0.25) is 0 Å². The van der Waals surface area contributed by atoms with Gasteiger partial charge in [0.2, 0.25) is 0 Å². The lowest BCUT2D eigenvalue weighted by molar-refractivity contribution is 0.0957. The molecule has 1 aromatic heterocycles. The number of hydrogen-bond acceptors (Lipinski definition) is 5. The Morgan fingerprint density at radius 2 is 2.05 bits per heavy atom. The summed E-state index contributed by atoms with van der Waals surface area (Å²) in [5, 5.41) is 9.19. The molecule has 0 fully saturated rings. The minimum Gasteiger partial charge on any atom is -0.382 e. The maximum absolute atomic E-state index is 11.9. The fraction of sp³-hybridized carbons (Fsp3) is 0.643. The van der Waals surface area contributed by atoms with Crippen LogP contribution in [0.1, 0.15) is 28.7 Å². The van der Waals surface area contributed by atoms with Gasteiger partial charge in [0, 0.05) is 39.9 Å². The van der Waals surface area contributed by atoms with E-state index in [9.17, 15) is 4.79 Å². The molecule has 0 bridgehead atoms. The molecule has 1 amide bonds. The first-order chi connectivity index (χ1) is 10.7. The molecule has 1 heterocycles. The van der Waals surface area contributed by atoms with Gasteiger partial charge in [0.05, 0.1) is 11.2 Å². The molecule has 124 valence electrons. The van der Waals surface area contributed by atoms with Crippen molar-refractivity contribution in [3.8, 4) is 0 Å². The quantitative estimate of drug-likeness (QED) is 0.354. The summed E-state index contributed by atoms with van der Waals surface area (Å²) < 4.78 is 5.27. The Balaban J connectivity index is 2.14. The SMILES string of the molecule is CCOCCCNC(=NC)NCCNC(=O)c1scnc1C. The van der Waals surface area contributed by atoms with E-state index in [1.54, 1.807) is 12.6 Å². The largest absolute Gasteiger partial charge is 0.382 e. The number of thiazole rings is 1. The highest BCUT2D eigenvalue weighted by Crippen LogP contribution is 2.10. The molecule has 22 heavy (non-hydrogen) atoms. The van der Waals surface area contributed by atoms with Crippen LogP contribution in [0.3, 0.4) is 0 Å². The minimum atomic E-state index is -0.0820. The van der Waals surface area contributed by atoms with Gasteiger partial charge in [-0.05, 0) is 20.3 Å². The monoisotopic (exact) mass is 327 g/mol. The highest BCUT2D eigenvalue weighted by molar-refractivity contribution is 7.11. The Labute approximate surface area is 135 Å². The van der Waals surface area contributed by atoms with Gasteiger partial charge < -0.3 is 20.7 Å². The number of aromatic nitrogens is 1. The highest BCUT2D eigenvalue weighted by Gasteiger charge is 2.10. The predicted octanol–water partition coefficient (Wildman–Crippen LogP) is 0.773. The van der Waals surface area contributed by atoms with Crippen molar-refractivity contribution < 1.29 is 9.53 Å². The van der Waals surface area contributed by atoms with Gasteiger partial charge in [0.25, 0.3) is 5.91 Å². The number of hydrogen-bond donors (Lipinski definition) is 3. The lowest BCUT2D eigenvalue weighted by Crippen LogP contribution is -2.42. The van der Waals surface area contributed by atoms with Crippen molar-refractivity contribution in [2.75, 3.05) is 39.9 Å². The van der Waals surface area contributed by atoms with Gasteiger partial charge in [-0.25, -0.2) is 4.98 Å². The molecule has 3 N–H and O–H groups in total. The molecule has 7 nitrogen and oxygen atoms in total. The summed E-state index contributed by atoms with van der Waals surface area (Å²) >= 11 is 1.35. The molecule has 0 aromatic carbocycles. The lowest BCUT2D eigenvalue weighted by atomic mass is 10.4. The third-order valence-corrected chi connectivity index (χ3v) is 3.77. The normalized spacial score (nSPS) is 11.3. The molecule has 0 radical (unpaired) electrons. The number of nitrogens with one attached hydrogen (secondary N) is 3. The van der Waals surface area contributed by atoms with E-state index in [1.165, 1.54) is 11.3 Å². The van der Waals surface area contributed by atoms with E-state index in [0.29, 0.717) is 18.0 Å². The molecule has 0 aliphatic carbocycles. The molecular weight excluding hydrogens is 302 g/mol. The van der Waals surface area contributed by atoms with E-state index in [4.69, 9.17) is 4.74 Å². The second-order valence-corrected chi connectivity index (χ2v) is 5.35. The first kappa shape index (κ1) is 18.4. The lowest BCUT2D eigenvalue weighted by Gasteiger charge is -2.12. The van der Waals surface area contributed by atoms with Crippen molar-refractivity contribution in [1.82, 2.24) is 20.9 Å². The van der Waals surface area contributed by atoms with Crippen LogP contribution in [0.4, 0.5) is 0 Å². The van der Waals surface area contributed by atoms with Gasteiger partial charge in [0.1, 0.15) is 4.88 Å². The number of rotatable bonds is 9. The summed E-state index contributed by atoms with van der Waals surface area (Å²) in [6.07, 6.45) is 0.927. The number of amides is 1. The number of aryl methyl sites for hydroxylation is 1. The van der Waals surface area contributed by atoms with Crippen molar-refractivity contribution in [2.24, 2.45) is 4.99 Å². The summed E-state index contributed by atoms with van der Waals surface area (Å²) in [6, 6.07) is 0.